The molecule has 1 atom stereocenters. The zero-order valence-electron chi connectivity index (χ0n) is 15.0. The van der Waals surface area contributed by atoms with E-state index in [1.165, 1.54) is 23.3 Å². The molecule has 3 rings (SSSR count). The van der Waals surface area contributed by atoms with Gasteiger partial charge in [0.2, 0.25) is 0 Å². The number of nitrogens with zero attached hydrogens (tertiary/aromatic N) is 2. The number of hydrogen-bond donors (Lipinski definition) is 0. The lowest BCUT2D eigenvalue weighted by molar-refractivity contribution is -0.134. The van der Waals surface area contributed by atoms with Crippen molar-refractivity contribution < 1.29 is 22.7 Å². The van der Waals surface area contributed by atoms with Gasteiger partial charge in [0.1, 0.15) is 4.88 Å². The highest BCUT2D eigenvalue weighted by molar-refractivity contribution is 7.91. The summed E-state index contributed by atoms with van der Waals surface area (Å²) < 4.78 is 28.3. The predicted octanol–water partition coefficient (Wildman–Crippen LogP) is 1.92. The predicted molar refractivity (Wildman–Crippen MR) is 102 cm³/mol. The molecule has 7 nitrogen and oxygen atoms in total. The Morgan fingerprint density at radius 2 is 2.00 bits per heavy atom. The van der Waals surface area contributed by atoms with E-state index in [-0.39, 0.29) is 17.5 Å². The van der Waals surface area contributed by atoms with Crippen LogP contribution in [0.25, 0.3) is 11.3 Å². The van der Waals surface area contributed by atoms with Crippen LogP contribution in [0.15, 0.2) is 30.3 Å². The molecule has 0 spiro atoms. The van der Waals surface area contributed by atoms with Crippen LogP contribution >= 0.6 is 11.3 Å². The third-order valence-electron chi connectivity index (χ3n) is 4.44. The summed E-state index contributed by atoms with van der Waals surface area (Å²) in [5.41, 5.74) is 1.33. The van der Waals surface area contributed by atoms with Crippen LogP contribution in [-0.2, 0) is 19.4 Å². The Balaban J connectivity index is 1.66. The van der Waals surface area contributed by atoms with E-state index < -0.39 is 28.3 Å². The molecule has 1 aromatic carbocycles. The highest BCUT2D eigenvalue weighted by Crippen LogP contribution is 2.28. The Morgan fingerprint density at radius 1 is 1.30 bits per heavy atom. The zero-order valence-corrected chi connectivity index (χ0v) is 16.7. The number of amides is 1. The normalized spacial score (nSPS) is 18.2. The molecule has 1 aromatic heterocycles. The second-order valence-electron chi connectivity index (χ2n) is 6.41. The fourth-order valence-electron chi connectivity index (χ4n) is 2.94. The van der Waals surface area contributed by atoms with E-state index in [4.69, 9.17) is 4.74 Å². The van der Waals surface area contributed by atoms with Crippen molar-refractivity contribution in [3.8, 4) is 11.3 Å². The molecule has 9 heteroatoms. The lowest BCUT2D eigenvalue weighted by Gasteiger charge is -2.23. The second kappa shape index (κ2) is 7.77. The van der Waals surface area contributed by atoms with Gasteiger partial charge in [0.05, 0.1) is 22.2 Å². The number of carbonyl (C=O) groups is 2. The first-order chi connectivity index (χ1) is 12.8. The summed E-state index contributed by atoms with van der Waals surface area (Å²) in [6.45, 7) is 1.37. The Bertz CT molecular complexity index is 953. The monoisotopic (exact) mass is 408 g/mol. The van der Waals surface area contributed by atoms with Gasteiger partial charge in [-0.2, -0.15) is 0 Å². The molecular weight excluding hydrogens is 388 g/mol. The largest absolute Gasteiger partial charge is 0.451 e. The molecule has 1 aliphatic rings. The molecular formula is C18H20N2O5S2. The van der Waals surface area contributed by atoms with Crippen molar-refractivity contribution in [1.82, 2.24) is 9.88 Å². The maximum Gasteiger partial charge on any atom is 0.351 e. The van der Waals surface area contributed by atoms with Crippen molar-refractivity contribution >= 4 is 33.1 Å². The summed E-state index contributed by atoms with van der Waals surface area (Å²) in [6, 6.07) is 8.92. The number of thiazole rings is 1. The summed E-state index contributed by atoms with van der Waals surface area (Å²) in [6.07, 6.45) is 0.407. The number of carbonyl (C=O) groups excluding carboxylic acids is 2. The molecule has 2 aromatic rings. The molecule has 0 saturated carbocycles. The minimum Gasteiger partial charge on any atom is -0.451 e. The van der Waals surface area contributed by atoms with Crippen molar-refractivity contribution in [2.75, 3.05) is 25.2 Å². The van der Waals surface area contributed by atoms with E-state index >= 15 is 0 Å². The van der Waals surface area contributed by atoms with E-state index in [0.29, 0.717) is 17.0 Å². The Morgan fingerprint density at radius 3 is 2.63 bits per heavy atom. The summed E-state index contributed by atoms with van der Waals surface area (Å²) in [4.78, 5) is 30.9. The standard InChI is InChI=1S/C18H20N2O5S2/c1-12-19-16(13-6-4-3-5-7-13)17(26-12)18(22)25-10-15(21)20(2)14-8-9-27(23,24)11-14/h3-7,14H,8-11H2,1-2H3/t14-/m0/s1. The number of sulfone groups is 1. The topological polar surface area (TPSA) is 93.6 Å². The Kier molecular flexibility index (Phi) is 5.61. The molecule has 1 aliphatic heterocycles. The quantitative estimate of drug-likeness (QED) is 0.702. The smallest absolute Gasteiger partial charge is 0.351 e. The van der Waals surface area contributed by atoms with Crippen LogP contribution in [0.4, 0.5) is 0 Å². The van der Waals surface area contributed by atoms with Crippen molar-refractivity contribution in [3.63, 3.8) is 0 Å². The number of hydrogen-bond acceptors (Lipinski definition) is 7. The van der Waals surface area contributed by atoms with Crippen LogP contribution in [0, 0.1) is 6.92 Å². The SMILES string of the molecule is Cc1nc(-c2ccccc2)c(C(=O)OCC(=O)N(C)[C@H]2CCS(=O)(=O)C2)s1. The summed E-state index contributed by atoms with van der Waals surface area (Å²) in [7, 11) is -1.55. The third-order valence-corrected chi connectivity index (χ3v) is 7.14. The average Bonchev–Trinajstić information content (AvgIpc) is 3.21. The molecule has 144 valence electrons. The maximum absolute atomic E-state index is 12.5. The first kappa shape index (κ1) is 19.5. The minimum atomic E-state index is -3.09. The van der Waals surface area contributed by atoms with Gasteiger partial charge in [0, 0.05) is 18.7 Å². The van der Waals surface area contributed by atoms with Crippen LogP contribution in [0.3, 0.4) is 0 Å². The number of likely N-dealkylation sites (N-methyl/N-ethyl adjacent to an activating group) is 1. The van der Waals surface area contributed by atoms with E-state index in [9.17, 15) is 18.0 Å². The van der Waals surface area contributed by atoms with Gasteiger partial charge >= 0.3 is 5.97 Å². The van der Waals surface area contributed by atoms with Gasteiger partial charge < -0.3 is 9.64 Å². The van der Waals surface area contributed by atoms with Crippen LogP contribution in [0.1, 0.15) is 21.1 Å². The van der Waals surface area contributed by atoms with E-state index in [1.807, 2.05) is 30.3 Å². The minimum absolute atomic E-state index is 0.0462. The molecule has 0 bridgehead atoms. The van der Waals surface area contributed by atoms with Crippen molar-refractivity contribution in [1.29, 1.82) is 0 Å². The highest BCUT2D eigenvalue weighted by Gasteiger charge is 2.33. The van der Waals surface area contributed by atoms with E-state index in [2.05, 4.69) is 4.98 Å². The number of benzene rings is 1. The molecule has 0 radical (unpaired) electrons. The first-order valence-electron chi connectivity index (χ1n) is 8.43. The van der Waals surface area contributed by atoms with Gasteiger partial charge in [-0.15, -0.1) is 11.3 Å². The molecule has 0 aliphatic carbocycles. The molecule has 1 saturated heterocycles. The molecule has 27 heavy (non-hydrogen) atoms. The first-order valence-corrected chi connectivity index (χ1v) is 11.1. The van der Waals surface area contributed by atoms with Gasteiger partial charge in [-0.3, -0.25) is 4.79 Å². The van der Waals surface area contributed by atoms with Crippen molar-refractivity contribution in [2.24, 2.45) is 0 Å². The van der Waals surface area contributed by atoms with Crippen LogP contribution in [0.5, 0.6) is 0 Å². The van der Waals surface area contributed by atoms with Crippen LogP contribution in [0.2, 0.25) is 0 Å². The number of aryl methyl sites for hydroxylation is 1. The van der Waals surface area contributed by atoms with Crippen molar-refractivity contribution in [3.05, 3.63) is 40.2 Å². The van der Waals surface area contributed by atoms with Gasteiger partial charge in [-0.1, -0.05) is 30.3 Å². The lowest BCUT2D eigenvalue weighted by atomic mass is 10.1. The molecule has 1 fully saturated rings. The fraction of sp³-hybridized carbons (Fsp3) is 0.389. The molecule has 0 N–H and O–H groups in total. The molecule has 0 unspecified atom stereocenters. The maximum atomic E-state index is 12.5. The highest BCUT2D eigenvalue weighted by atomic mass is 32.2. The van der Waals surface area contributed by atoms with E-state index in [0.717, 1.165) is 10.6 Å². The van der Waals surface area contributed by atoms with Gasteiger partial charge in [0.15, 0.2) is 16.4 Å². The van der Waals surface area contributed by atoms with Crippen LogP contribution in [-0.4, -0.2) is 61.4 Å². The third kappa shape index (κ3) is 4.54. The van der Waals surface area contributed by atoms with E-state index in [1.54, 1.807) is 6.92 Å². The Labute approximate surface area is 161 Å². The zero-order chi connectivity index (χ0) is 19.6. The Hall–Kier alpha value is -2.26. The number of aromatic nitrogens is 1. The second-order valence-corrected chi connectivity index (χ2v) is 9.85. The van der Waals surface area contributed by atoms with Crippen molar-refractivity contribution in [2.45, 2.75) is 19.4 Å². The van der Waals surface area contributed by atoms with Crippen LogP contribution < -0.4 is 0 Å². The summed E-state index contributed by atoms with van der Waals surface area (Å²) in [5, 5.41) is 0.723. The number of ether oxygens (including phenoxy) is 1. The number of esters is 1. The fourth-order valence-corrected chi connectivity index (χ4v) is 5.55. The van der Waals surface area contributed by atoms with Gasteiger partial charge in [0.25, 0.3) is 5.91 Å². The number of rotatable bonds is 5. The van der Waals surface area contributed by atoms with Gasteiger partial charge in [-0.05, 0) is 13.3 Å². The summed E-state index contributed by atoms with van der Waals surface area (Å²) in [5.74, 6) is -1.00. The molecule has 1 amide bonds. The molecule has 2 heterocycles. The van der Waals surface area contributed by atoms with Gasteiger partial charge in [-0.25, -0.2) is 18.2 Å². The lowest BCUT2D eigenvalue weighted by Crippen LogP contribution is -2.40. The average molecular weight is 409 g/mol. The summed E-state index contributed by atoms with van der Waals surface area (Å²) >= 11 is 1.21.